The molecule has 0 saturated heterocycles. The molecule has 0 N–H and O–H groups in total. The lowest BCUT2D eigenvalue weighted by atomic mass is 10.0. The first-order chi connectivity index (χ1) is 9.93. The van der Waals surface area contributed by atoms with E-state index in [1.807, 2.05) is 0 Å². The number of ether oxygens (including phenoxy) is 1. The molecule has 0 amide bonds. The predicted molar refractivity (Wildman–Crippen MR) is 82.7 cm³/mol. The number of ketones is 1. The molecule has 0 aromatic heterocycles. The molecule has 0 radical (unpaired) electrons. The molecule has 21 heavy (non-hydrogen) atoms. The van der Waals surface area contributed by atoms with Crippen LogP contribution >= 0.6 is 23.2 Å². The van der Waals surface area contributed by atoms with E-state index in [1.54, 1.807) is 38.1 Å². The number of rotatable bonds is 3. The Bertz CT molecular complexity index is 665. The Morgan fingerprint density at radius 1 is 1.43 bits per heavy atom. The van der Waals surface area contributed by atoms with Crippen molar-refractivity contribution >= 4 is 46.7 Å². The SMILES string of the molecule is CCOC(=O)[C@@H]1C(=O)C(=Cc2ccc(Cl)cc2Cl)N=C1C. The highest BCUT2D eigenvalue weighted by molar-refractivity contribution is 6.36. The molecule has 1 aromatic rings. The zero-order valence-electron chi connectivity index (χ0n) is 11.5. The molecule has 0 saturated carbocycles. The Balaban J connectivity index is 2.32. The molecule has 2 rings (SSSR count). The van der Waals surface area contributed by atoms with Gasteiger partial charge in [0.1, 0.15) is 5.70 Å². The van der Waals surface area contributed by atoms with Gasteiger partial charge in [-0.3, -0.25) is 14.6 Å². The zero-order chi connectivity index (χ0) is 15.6. The normalized spacial score (nSPS) is 19.8. The summed E-state index contributed by atoms with van der Waals surface area (Å²) in [5, 5.41) is 0.916. The van der Waals surface area contributed by atoms with Gasteiger partial charge < -0.3 is 4.74 Å². The lowest BCUT2D eigenvalue weighted by molar-refractivity contribution is -0.147. The molecule has 1 heterocycles. The van der Waals surface area contributed by atoms with Crippen molar-refractivity contribution in [1.29, 1.82) is 0 Å². The third-order valence-corrected chi connectivity index (χ3v) is 3.57. The molecule has 4 nitrogen and oxygen atoms in total. The average molecular weight is 326 g/mol. The van der Waals surface area contributed by atoms with Crippen molar-refractivity contribution in [3.05, 3.63) is 39.5 Å². The van der Waals surface area contributed by atoms with E-state index in [0.29, 0.717) is 21.3 Å². The largest absolute Gasteiger partial charge is 0.465 e. The summed E-state index contributed by atoms with van der Waals surface area (Å²) in [5.74, 6) is -1.91. The van der Waals surface area contributed by atoms with Crippen molar-refractivity contribution < 1.29 is 14.3 Å². The van der Waals surface area contributed by atoms with Gasteiger partial charge in [-0.1, -0.05) is 29.3 Å². The predicted octanol–water partition coefficient (Wildman–Crippen LogP) is 3.56. The van der Waals surface area contributed by atoms with Crippen LogP contribution in [0.3, 0.4) is 0 Å². The summed E-state index contributed by atoms with van der Waals surface area (Å²) in [4.78, 5) is 28.2. The minimum atomic E-state index is -0.956. The lowest BCUT2D eigenvalue weighted by Crippen LogP contribution is -2.28. The van der Waals surface area contributed by atoms with Gasteiger partial charge in [0.25, 0.3) is 0 Å². The molecule has 0 spiro atoms. The number of Topliss-reactive ketones (excluding diaryl/α,β-unsaturated/α-hetero) is 1. The van der Waals surface area contributed by atoms with Gasteiger partial charge in [-0.05, 0) is 37.6 Å². The van der Waals surface area contributed by atoms with Crippen LogP contribution in [0.5, 0.6) is 0 Å². The Morgan fingerprint density at radius 2 is 2.14 bits per heavy atom. The van der Waals surface area contributed by atoms with Crippen LogP contribution < -0.4 is 0 Å². The molecule has 0 unspecified atom stereocenters. The van der Waals surface area contributed by atoms with Gasteiger partial charge in [-0.25, -0.2) is 0 Å². The van der Waals surface area contributed by atoms with E-state index >= 15 is 0 Å². The number of esters is 1. The number of benzene rings is 1. The Morgan fingerprint density at radius 3 is 2.76 bits per heavy atom. The van der Waals surface area contributed by atoms with Crippen LogP contribution in [-0.2, 0) is 14.3 Å². The molecule has 1 aliphatic rings. The van der Waals surface area contributed by atoms with Crippen molar-refractivity contribution in [2.45, 2.75) is 13.8 Å². The Kier molecular flexibility index (Phi) is 4.80. The van der Waals surface area contributed by atoms with Gasteiger partial charge in [-0.15, -0.1) is 0 Å². The van der Waals surface area contributed by atoms with Crippen LogP contribution in [0, 0.1) is 5.92 Å². The molecular formula is C15H13Cl2NO3. The van der Waals surface area contributed by atoms with Crippen molar-refractivity contribution in [3.63, 3.8) is 0 Å². The summed E-state index contributed by atoms with van der Waals surface area (Å²) >= 11 is 11.9. The number of halogens is 2. The molecular weight excluding hydrogens is 313 g/mol. The fourth-order valence-corrected chi connectivity index (χ4v) is 2.48. The Hall–Kier alpha value is -1.65. The summed E-state index contributed by atoms with van der Waals surface area (Å²) in [5.41, 5.74) is 1.23. The smallest absolute Gasteiger partial charge is 0.322 e. The van der Waals surface area contributed by atoms with E-state index in [9.17, 15) is 9.59 Å². The van der Waals surface area contributed by atoms with Gasteiger partial charge in [-0.2, -0.15) is 0 Å². The monoisotopic (exact) mass is 325 g/mol. The van der Waals surface area contributed by atoms with Crippen molar-refractivity contribution in [3.8, 4) is 0 Å². The highest BCUT2D eigenvalue weighted by Gasteiger charge is 2.38. The van der Waals surface area contributed by atoms with Crippen LogP contribution in [0.15, 0.2) is 28.9 Å². The summed E-state index contributed by atoms with van der Waals surface area (Å²) < 4.78 is 4.89. The third-order valence-electron chi connectivity index (χ3n) is 3.01. The van der Waals surface area contributed by atoms with Crippen molar-refractivity contribution in [1.82, 2.24) is 0 Å². The van der Waals surface area contributed by atoms with Crippen molar-refractivity contribution in [2.24, 2.45) is 10.9 Å². The van der Waals surface area contributed by atoms with E-state index in [2.05, 4.69) is 4.99 Å². The first-order valence-corrected chi connectivity index (χ1v) is 7.12. The van der Waals surface area contributed by atoms with E-state index in [4.69, 9.17) is 27.9 Å². The van der Waals surface area contributed by atoms with Crippen molar-refractivity contribution in [2.75, 3.05) is 6.61 Å². The Labute approximate surface area is 132 Å². The van der Waals surface area contributed by atoms with Gasteiger partial charge in [0.05, 0.1) is 6.61 Å². The van der Waals surface area contributed by atoms with Crippen LogP contribution in [0.2, 0.25) is 10.0 Å². The van der Waals surface area contributed by atoms with E-state index < -0.39 is 11.9 Å². The maximum absolute atomic E-state index is 12.3. The maximum Gasteiger partial charge on any atom is 0.322 e. The van der Waals surface area contributed by atoms with Gasteiger partial charge in [0.15, 0.2) is 5.92 Å². The molecule has 110 valence electrons. The zero-order valence-corrected chi connectivity index (χ0v) is 13.0. The number of nitrogens with zero attached hydrogens (tertiary/aromatic N) is 1. The molecule has 1 aliphatic heterocycles. The van der Waals surface area contributed by atoms with E-state index in [-0.39, 0.29) is 18.1 Å². The van der Waals surface area contributed by atoms with Crippen LogP contribution in [-0.4, -0.2) is 24.1 Å². The molecule has 0 bridgehead atoms. The summed E-state index contributed by atoms with van der Waals surface area (Å²) in [6.45, 7) is 3.54. The van der Waals surface area contributed by atoms with Crippen LogP contribution in [0.4, 0.5) is 0 Å². The number of allylic oxidation sites excluding steroid dienone is 1. The topological polar surface area (TPSA) is 55.7 Å². The third kappa shape index (κ3) is 3.34. The van der Waals surface area contributed by atoms with E-state index in [1.165, 1.54) is 0 Å². The standard InChI is InChI=1S/C15H13Cl2NO3/c1-3-21-15(20)13-8(2)18-12(14(13)19)6-9-4-5-10(16)7-11(9)17/h4-7,13H,3H2,1-2H3/t13-/m0/s1. The minimum absolute atomic E-state index is 0.190. The van der Waals surface area contributed by atoms with Gasteiger partial charge in [0, 0.05) is 15.8 Å². The molecule has 1 aromatic carbocycles. The number of carbonyl (C=O) groups excluding carboxylic acids is 2. The highest BCUT2D eigenvalue weighted by Crippen LogP contribution is 2.27. The first-order valence-electron chi connectivity index (χ1n) is 6.36. The quantitative estimate of drug-likeness (QED) is 0.485. The molecule has 1 atom stereocenters. The minimum Gasteiger partial charge on any atom is -0.465 e. The average Bonchev–Trinajstić information content (AvgIpc) is 2.68. The molecule has 6 heteroatoms. The second-order valence-electron chi connectivity index (χ2n) is 4.50. The summed E-state index contributed by atoms with van der Waals surface area (Å²) in [7, 11) is 0. The van der Waals surface area contributed by atoms with Gasteiger partial charge in [0.2, 0.25) is 5.78 Å². The van der Waals surface area contributed by atoms with Crippen LogP contribution in [0.1, 0.15) is 19.4 Å². The number of hydrogen-bond donors (Lipinski definition) is 0. The number of hydrogen-bond acceptors (Lipinski definition) is 4. The maximum atomic E-state index is 12.3. The molecule has 0 fully saturated rings. The fraction of sp³-hybridized carbons (Fsp3) is 0.267. The molecule has 0 aliphatic carbocycles. The number of carbonyl (C=O) groups is 2. The second-order valence-corrected chi connectivity index (χ2v) is 5.34. The van der Waals surface area contributed by atoms with Crippen LogP contribution in [0.25, 0.3) is 6.08 Å². The highest BCUT2D eigenvalue weighted by atomic mass is 35.5. The fourth-order valence-electron chi connectivity index (χ4n) is 2.02. The lowest BCUT2D eigenvalue weighted by Gasteiger charge is -2.07. The van der Waals surface area contributed by atoms with E-state index in [0.717, 1.165) is 0 Å². The summed E-state index contributed by atoms with van der Waals surface area (Å²) in [6, 6.07) is 4.93. The van der Waals surface area contributed by atoms with Gasteiger partial charge >= 0.3 is 5.97 Å². The number of aliphatic imine (C=N–C) groups is 1. The second kappa shape index (κ2) is 6.41. The first kappa shape index (κ1) is 15.7. The summed E-state index contributed by atoms with van der Waals surface area (Å²) in [6.07, 6.45) is 1.55.